The minimum atomic E-state index is 0.295. The zero-order chi connectivity index (χ0) is 13.7. The Labute approximate surface area is 134 Å². The molecule has 1 saturated heterocycles. The van der Waals surface area contributed by atoms with E-state index in [1.165, 1.54) is 17.3 Å². The maximum atomic E-state index is 6.40. The monoisotopic (exact) mass is 335 g/mol. The van der Waals surface area contributed by atoms with Crippen molar-refractivity contribution < 1.29 is 0 Å². The summed E-state index contributed by atoms with van der Waals surface area (Å²) < 4.78 is 0. The third-order valence-electron chi connectivity index (χ3n) is 3.14. The van der Waals surface area contributed by atoms with Crippen LogP contribution in [0.3, 0.4) is 0 Å². The summed E-state index contributed by atoms with van der Waals surface area (Å²) in [6, 6.07) is 6.24. The molecule has 1 aliphatic heterocycles. The summed E-state index contributed by atoms with van der Waals surface area (Å²) >= 11 is 16.6. The standard InChI is InChI=1S/C14H19Cl2NS2/c1-2-6-17-14(12-9-18-7-8-19-12)10-4-3-5-11(15)13(10)16/h3-5,12,14,17H,2,6-9H2,1H3. The number of halogens is 2. The number of hydrogen-bond acceptors (Lipinski definition) is 3. The highest BCUT2D eigenvalue weighted by molar-refractivity contribution is 8.06. The van der Waals surface area contributed by atoms with Crippen molar-refractivity contribution in [1.82, 2.24) is 5.32 Å². The molecule has 1 aromatic rings. The maximum Gasteiger partial charge on any atom is 0.0640 e. The third kappa shape index (κ3) is 4.21. The van der Waals surface area contributed by atoms with Crippen molar-refractivity contribution in [3.05, 3.63) is 33.8 Å². The van der Waals surface area contributed by atoms with Gasteiger partial charge in [0.05, 0.1) is 10.0 Å². The van der Waals surface area contributed by atoms with Crippen LogP contribution >= 0.6 is 46.7 Å². The van der Waals surface area contributed by atoms with E-state index in [2.05, 4.69) is 18.3 Å². The molecule has 1 aromatic carbocycles. The predicted molar refractivity (Wildman–Crippen MR) is 91.1 cm³/mol. The van der Waals surface area contributed by atoms with Crippen molar-refractivity contribution in [2.75, 3.05) is 23.8 Å². The van der Waals surface area contributed by atoms with Crippen LogP contribution in [0.5, 0.6) is 0 Å². The summed E-state index contributed by atoms with van der Waals surface area (Å²) in [7, 11) is 0. The smallest absolute Gasteiger partial charge is 0.0640 e. The Bertz CT molecular complexity index is 408. The summed E-state index contributed by atoms with van der Waals surface area (Å²) in [5.41, 5.74) is 1.14. The Morgan fingerprint density at radius 2 is 2.21 bits per heavy atom. The van der Waals surface area contributed by atoms with E-state index in [0.29, 0.717) is 21.3 Å². The second kappa shape index (κ2) is 8.04. The van der Waals surface area contributed by atoms with Gasteiger partial charge in [-0.25, -0.2) is 0 Å². The molecular formula is C14H19Cl2NS2. The molecule has 1 aliphatic rings. The molecule has 2 rings (SSSR count). The van der Waals surface area contributed by atoms with Crippen LogP contribution in [0.1, 0.15) is 24.9 Å². The average Bonchev–Trinajstić information content (AvgIpc) is 2.45. The van der Waals surface area contributed by atoms with Crippen LogP contribution in [0.25, 0.3) is 0 Å². The van der Waals surface area contributed by atoms with Crippen molar-refractivity contribution in [3.8, 4) is 0 Å². The van der Waals surface area contributed by atoms with E-state index in [4.69, 9.17) is 23.2 Å². The first-order valence-electron chi connectivity index (χ1n) is 6.60. The van der Waals surface area contributed by atoms with Gasteiger partial charge in [0, 0.05) is 28.6 Å². The Morgan fingerprint density at radius 1 is 1.37 bits per heavy atom. The highest BCUT2D eigenvalue weighted by atomic mass is 35.5. The lowest BCUT2D eigenvalue weighted by molar-refractivity contribution is 0.530. The van der Waals surface area contributed by atoms with Gasteiger partial charge in [-0.3, -0.25) is 0 Å². The molecule has 19 heavy (non-hydrogen) atoms. The summed E-state index contributed by atoms with van der Waals surface area (Å²) in [4.78, 5) is 0. The van der Waals surface area contributed by atoms with Crippen molar-refractivity contribution in [1.29, 1.82) is 0 Å². The Hall–Kier alpha value is 0.460. The largest absolute Gasteiger partial charge is 0.309 e. The molecule has 1 N–H and O–H groups in total. The molecule has 1 heterocycles. The summed E-state index contributed by atoms with van der Waals surface area (Å²) in [6.45, 7) is 3.20. The first-order valence-corrected chi connectivity index (χ1v) is 9.56. The number of rotatable bonds is 5. The Kier molecular flexibility index (Phi) is 6.70. The molecule has 0 aromatic heterocycles. The third-order valence-corrected chi connectivity index (χ3v) is 6.84. The molecule has 1 fully saturated rings. The minimum absolute atomic E-state index is 0.295. The quantitative estimate of drug-likeness (QED) is 0.823. The number of hydrogen-bond donors (Lipinski definition) is 1. The van der Waals surface area contributed by atoms with Crippen LogP contribution in [0.15, 0.2) is 18.2 Å². The van der Waals surface area contributed by atoms with E-state index >= 15 is 0 Å². The average molecular weight is 336 g/mol. The summed E-state index contributed by atoms with van der Waals surface area (Å²) in [5, 5.41) is 5.57. The van der Waals surface area contributed by atoms with Gasteiger partial charge in [0.25, 0.3) is 0 Å². The topological polar surface area (TPSA) is 12.0 Å². The van der Waals surface area contributed by atoms with E-state index in [0.717, 1.165) is 18.5 Å². The molecule has 1 nitrogen and oxygen atoms in total. The highest BCUT2D eigenvalue weighted by Crippen LogP contribution is 2.38. The van der Waals surface area contributed by atoms with Gasteiger partial charge in [0.2, 0.25) is 0 Å². The van der Waals surface area contributed by atoms with Crippen LogP contribution in [-0.2, 0) is 0 Å². The van der Waals surface area contributed by atoms with Crippen LogP contribution < -0.4 is 5.32 Å². The maximum absolute atomic E-state index is 6.40. The number of nitrogens with one attached hydrogen (secondary N) is 1. The molecule has 5 heteroatoms. The molecular weight excluding hydrogens is 317 g/mol. The minimum Gasteiger partial charge on any atom is -0.309 e. The molecule has 2 atom stereocenters. The van der Waals surface area contributed by atoms with Gasteiger partial charge in [-0.15, -0.1) is 0 Å². The van der Waals surface area contributed by atoms with E-state index in [-0.39, 0.29) is 0 Å². The Balaban J connectivity index is 2.22. The lowest BCUT2D eigenvalue weighted by Crippen LogP contribution is -2.34. The van der Waals surface area contributed by atoms with Crippen molar-refractivity contribution in [2.24, 2.45) is 0 Å². The molecule has 0 aliphatic carbocycles. The van der Waals surface area contributed by atoms with Gasteiger partial charge in [-0.1, -0.05) is 42.3 Å². The zero-order valence-electron chi connectivity index (χ0n) is 11.0. The van der Waals surface area contributed by atoms with Gasteiger partial charge < -0.3 is 5.32 Å². The van der Waals surface area contributed by atoms with Crippen molar-refractivity contribution >= 4 is 46.7 Å². The molecule has 0 bridgehead atoms. The first kappa shape index (κ1) is 15.8. The second-order valence-corrected chi connectivity index (χ2v) is 7.84. The van der Waals surface area contributed by atoms with Gasteiger partial charge in [0.1, 0.15) is 0 Å². The molecule has 0 spiro atoms. The van der Waals surface area contributed by atoms with E-state index in [1.807, 2.05) is 35.7 Å². The highest BCUT2D eigenvalue weighted by Gasteiger charge is 2.27. The fourth-order valence-electron chi connectivity index (χ4n) is 2.20. The van der Waals surface area contributed by atoms with E-state index in [9.17, 15) is 0 Å². The molecule has 0 radical (unpaired) electrons. The molecule has 0 amide bonds. The predicted octanol–water partition coefficient (Wildman–Crippen LogP) is 4.88. The summed E-state index contributed by atoms with van der Waals surface area (Å²) in [6.07, 6.45) is 1.12. The van der Waals surface area contributed by atoms with Crippen LogP contribution in [0, 0.1) is 0 Å². The van der Waals surface area contributed by atoms with Gasteiger partial charge in [-0.2, -0.15) is 23.5 Å². The van der Waals surface area contributed by atoms with E-state index in [1.54, 1.807) is 0 Å². The molecule has 0 saturated carbocycles. The van der Waals surface area contributed by atoms with Gasteiger partial charge in [0.15, 0.2) is 0 Å². The number of thioether (sulfide) groups is 2. The normalized spacial score (nSPS) is 21.3. The second-order valence-electron chi connectivity index (χ2n) is 4.56. The Morgan fingerprint density at radius 3 is 2.89 bits per heavy atom. The lowest BCUT2D eigenvalue weighted by Gasteiger charge is -2.31. The fourth-order valence-corrected chi connectivity index (χ4v) is 5.49. The SMILES string of the molecule is CCCNC(c1cccc(Cl)c1Cl)C1CSCCS1. The van der Waals surface area contributed by atoms with Crippen molar-refractivity contribution in [2.45, 2.75) is 24.6 Å². The zero-order valence-corrected chi connectivity index (χ0v) is 14.1. The van der Waals surface area contributed by atoms with Crippen molar-refractivity contribution in [3.63, 3.8) is 0 Å². The van der Waals surface area contributed by atoms with E-state index < -0.39 is 0 Å². The summed E-state index contributed by atoms with van der Waals surface area (Å²) in [5.74, 6) is 3.65. The van der Waals surface area contributed by atoms with Gasteiger partial charge in [-0.05, 0) is 24.6 Å². The molecule has 106 valence electrons. The molecule has 2 unspecified atom stereocenters. The van der Waals surface area contributed by atoms with Crippen LogP contribution in [0.4, 0.5) is 0 Å². The van der Waals surface area contributed by atoms with Gasteiger partial charge >= 0.3 is 0 Å². The fraction of sp³-hybridized carbons (Fsp3) is 0.571. The van der Waals surface area contributed by atoms with Crippen LogP contribution in [-0.4, -0.2) is 29.1 Å². The first-order chi connectivity index (χ1) is 9.24. The van der Waals surface area contributed by atoms with Crippen LogP contribution in [0.2, 0.25) is 10.0 Å². The lowest BCUT2D eigenvalue weighted by atomic mass is 10.0. The number of benzene rings is 1.